The van der Waals surface area contributed by atoms with Crippen molar-refractivity contribution >= 4 is 17.5 Å². The monoisotopic (exact) mass is 250 g/mol. The smallest absolute Gasteiger partial charge is 0.313 e. The number of anilines is 1. The summed E-state index contributed by atoms with van der Waals surface area (Å²) < 4.78 is 0. The van der Waals surface area contributed by atoms with Gasteiger partial charge in [0.25, 0.3) is 0 Å². The van der Waals surface area contributed by atoms with Crippen LogP contribution in [-0.2, 0) is 9.59 Å². The largest absolute Gasteiger partial charge is 0.506 e. The Bertz CT molecular complexity index is 432. The Morgan fingerprint density at radius 3 is 2.61 bits per heavy atom. The van der Waals surface area contributed by atoms with Crippen molar-refractivity contribution in [3.8, 4) is 5.75 Å². The summed E-state index contributed by atoms with van der Waals surface area (Å²) in [7, 11) is 1.59. The fourth-order valence-electron chi connectivity index (χ4n) is 1.43. The zero-order valence-corrected chi connectivity index (χ0v) is 10.6. The number of likely N-dealkylation sites (N-methyl/N-ethyl adjacent to an activating group) is 1. The van der Waals surface area contributed by atoms with Gasteiger partial charge in [0.1, 0.15) is 5.75 Å². The lowest BCUT2D eigenvalue weighted by molar-refractivity contribution is -0.142. The molecule has 5 heteroatoms. The Morgan fingerprint density at radius 2 is 2.00 bits per heavy atom. The summed E-state index contributed by atoms with van der Waals surface area (Å²) >= 11 is 0. The molecular formula is C13H18N2O3. The number of amides is 2. The third-order valence-electron chi connectivity index (χ3n) is 2.54. The molecule has 5 nitrogen and oxygen atoms in total. The summed E-state index contributed by atoms with van der Waals surface area (Å²) in [5.41, 5.74) is 0.236. The van der Waals surface area contributed by atoms with Crippen molar-refractivity contribution in [3.05, 3.63) is 24.3 Å². The molecule has 0 spiro atoms. The van der Waals surface area contributed by atoms with Crippen LogP contribution in [0.15, 0.2) is 24.3 Å². The van der Waals surface area contributed by atoms with E-state index in [2.05, 4.69) is 5.32 Å². The lowest BCUT2D eigenvalue weighted by Gasteiger charge is -2.16. The fraction of sp³-hybridized carbons (Fsp3) is 0.385. The number of nitrogens with one attached hydrogen (secondary N) is 1. The van der Waals surface area contributed by atoms with Gasteiger partial charge in [-0.15, -0.1) is 0 Å². The lowest BCUT2D eigenvalue weighted by Crippen LogP contribution is -2.37. The van der Waals surface area contributed by atoms with Crippen molar-refractivity contribution in [2.45, 2.75) is 19.8 Å². The van der Waals surface area contributed by atoms with Gasteiger partial charge in [0.2, 0.25) is 0 Å². The van der Waals surface area contributed by atoms with Crippen molar-refractivity contribution in [2.24, 2.45) is 0 Å². The summed E-state index contributed by atoms with van der Waals surface area (Å²) in [6.07, 6.45) is 1.81. The molecule has 0 saturated carbocycles. The Labute approximate surface area is 106 Å². The highest BCUT2D eigenvalue weighted by atomic mass is 16.3. The average Bonchev–Trinajstić information content (AvgIpc) is 2.37. The Hall–Kier alpha value is -2.04. The van der Waals surface area contributed by atoms with Gasteiger partial charge in [0.15, 0.2) is 0 Å². The van der Waals surface area contributed by atoms with Crippen molar-refractivity contribution < 1.29 is 14.7 Å². The van der Waals surface area contributed by atoms with Gasteiger partial charge in [-0.25, -0.2) is 0 Å². The van der Waals surface area contributed by atoms with E-state index in [0.29, 0.717) is 6.54 Å². The summed E-state index contributed by atoms with van der Waals surface area (Å²) in [5.74, 6) is -1.41. The molecule has 0 unspecified atom stereocenters. The standard InChI is InChI=1S/C13H18N2O3/c1-3-4-9-15(2)13(18)12(17)14-10-7-5-6-8-11(10)16/h5-8,16H,3-4,9H2,1-2H3,(H,14,17). The number of nitrogens with zero attached hydrogens (tertiary/aromatic N) is 1. The number of hydrogen-bond donors (Lipinski definition) is 2. The molecular weight excluding hydrogens is 232 g/mol. The zero-order chi connectivity index (χ0) is 13.5. The third-order valence-corrected chi connectivity index (χ3v) is 2.54. The van der Waals surface area contributed by atoms with Crippen molar-refractivity contribution in [1.82, 2.24) is 4.90 Å². The van der Waals surface area contributed by atoms with E-state index in [1.165, 1.54) is 17.0 Å². The van der Waals surface area contributed by atoms with Crippen LogP contribution in [-0.4, -0.2) is 35.4 Å². The number of phenolic OH excluding ortho intramolecular Hbond substituents is 1. The molecule has 0 aliphatic carbocycles. The first-order chi connectivity index (χ1) is 8.56. The maximum atomic E-state index is 11.7. The first kappa shape index (κ1) is 14.0. The maximum absolute atomic E-state index is 11.7. The molecule has 0 aromatic heterocycles. The second kappa shape index (κ2) is 6.64. The van der Waals surface area contributed by atoms with Gasteiger partial charge < -0.3 is 15.3 Å². The van der Waals surface area contributed by atoms with Gasteiger partial charge in [-0.2, -0.15) is 0 Å². The van der Waals surface area contributed by atoms with E-state index in [0.717, 1.165) is 12.8 Å². The molecule has 0 fully saturated rings. The minimum atomic E-state index is -0.741. The number of aromatic hydroxyl groups is 1. The number of rotatable bonds is 4. The second-order valence-corrected chi connectivity index (χ2v) is 4.05. The molecule has 0 aliphatic heterocycles. The van der Waals surface area contributed by atoms with Crippen LogP contribution in [0.5, 0.6) is 5.75 Å². The minimum Gasteiger partial charge on any atom is -0.506 e. The molecule has 0 atom stereocenters. The molecule has 18 heavy (non-hydrogen) atoms. The second-order valence-electron chi connectivity index (χ2n) is 4.05. The number of carbonyl (C=O) groups excluding carboxylic acids is 2. The molecule has 2 amide bonds. The average molecular weight is 250 g/mol. The van der Waals surface area contributed by atoms with Crippen LogP contribution in [0.1, 0.15) is 19.8 Å². The van der Waals surface area contributed by atoms with E-state index >= 15 is 0 Å². The molecule has 2 N–H and O–H groups in total. The topological polar surface area (TPSA) is 69.6 Å². The normalized spacial score (nSPS) is 9.89. The quantitative estimate of drug-likeness (QED) is 0.629. The fourth-order valence-corrected chi connectivity index (χ4v) is 1.43. The number of hydrogen-bond acceptors (Lipinski definition) is 3. The van der Waals surface area contributed by atoms with Gasteiger partial charge >= 0.3 is 11.8 Å². The Morgan fingerprint density at radius 1 is 1.33 bits per heavy atom. The molecule has 1 rings (SSSR count). The van der Waals surface area contributed by atoms with Crippen molar-refractivity contribution in [1.29, 1.82) is 0 Å². The van der Waals surface area contributed by atoms with Gasteiger partial charge in [0.05, 0.1) is 5.69 Å². The van der Waals surface area contributed by atoms with Crippen LogP contribution in [0, 0.1) is 0 Å². The molecule has 0 heterocycles. The summed E-state index contributed by atoms with van der Waals surface area (Å²) in [5, 5.41) is 11.9. The first-order valence-electron chi connectivity index (χ1n) is 5.90. The number of unbranched alkanes of at least 4 members (excludes halogenated alkanes) is 1. The van der Waals surface area contributed by atoms with Crippen LogP contribution in [0.3, 0.4) is 0 Å². The predicted octanol–water partition coefficient (Wildman–Crippen LogP) is 1.59. The van der Waals surface area contributed by atoms with Crippen LogP contribution in [0.25, 0.3) is 0 Å². The Balaban J connectivity index is 2.60. The molecule has 0 bridgehead atoms. The molecule has 98 valence electrons. The predicted molar refractivity (Wildman–Crippen MR) is 69.3 cm³/mol. The van der Waals surface area contributed by atoms with E-state index in [1.54, 1.807) is 19.2 Å². The number of para-hydroxylation sites is 2. The summed E-state index contributed by atoms with van der Waals surface area (Å²) in [6, 6.07) is 6.29. The molecule has 0 saturated heterocycles. The number of phenols is 1. The van der Waals surface area contributed by atoms with E-state index in [1.807, 2.05) is 6.92 Å². The highest BCUT2D eigenvalue weighted by molar-refractivity contribution is 6.39. The van der Waals surface area contributed by atoms with Crippen molar-refractivity contribution in [3.63, 3.8) is 0 Å². The van der Waals surface area contributed by atoms with Crippen LogP contribution in [0.2, 0.25) is 0 Å². The van der Waals surface area contributed by atoms with Gasteiger partial charge in [-0.05, 0) is 18.6 Å². The first-order valence-corrected chi connectivity index (χ1v) is 5.90. The van der Waals surface area contributed by atoms with E-state index < -0.39 is 11.8 Å². The van der Waals surface area contributed by atoms with E-state index in [4.69, 9.17) is 0 Å². The van der Waals surface area contributed by atoms with Gasteiger partial charge in [0, 0.05) is 13.6 Å². The SMILES string of the molecule is CCCCN(C)C(=O)C(=O)Nc1ccccc1O. The van der Waals surface area contributed by atoms with Crippen LogP contribution in [0.4, 0.5) is 5.69 Å². The highest BCUT2D eigenvalue weighted by Gasteiger charge is 2.19. The number of carbonyl (C=O) groups is 2. The number of benzene rings is 1. The van der Waals surface area contributed by atoms with Gasteiger partial charge in [-0.3, -0.25) is 9.59 Å². The van der Waals surface area contributed by atoms with E-state index in [-0.39, 0.29) is 11.4 Å². The lowest BCUT2D eigenvalue weighted by atomic mass is 10.3. The molecule has 0 radical (unpaired) electrons. The van der Waals surface area contributed by atoms with Gasteiger partial charge in [-0.1, -0.05) is 25.5 Å². The van der Waals surface area contributed by atoms with Crippen LogP contribution >= 0.6 is 0 Å². The summed E-state index contributed by atoms with van der Waals surface area (Å²) in [6.45, 7) is 2.56. The highest BCUT2D eigenvalue weighted by Crippen LogP contribution is 2.21. The molecule has 0 aliphatic rings. The molecule has 1 aromatic carbocycles. The maximum Gasteiger partial charge on any atom is 0.313 e. The zero-order valence-electron chi connectivity index (χ0n) is 10.6. The minimum absolute atomic E-state index is 0.0603. The Kier molecular flexibility index (Phi) is 5.17. The van der Waals surface area contributed by atoms with Crippen molar-refractivity contribution in [2.75, 3.05) is 18.9 Å². The third kappa shape index (κ3) is 3.76. The summed E-state index contributed by atoms with van der Waals surface area (Å²) in [4.78, 5) is 24.7. The van der Waals surface area contributed by atoms with E-state index in [9.17, 15) is 14.7 Å². The molecule has 1 aromatic rings. The van der Waals surface area contributed by atoms with Crippen LogP contribution < -0.4 is 5.32 Å².